The lowest BCUT2D eigenvalue weighted by molar-refractivity contribution is -0.107. The Morgan fingerprint density at radius 3 is 1.88 bits per heavy atom. The van der Waals surface area contributed by atoms with E-state index in [1.807, 2.05) is 25.9 Å². The van der Waals surface area contributed by atoms with Gasteiger partial charge in [-0.2, -0.15) is 0 Å². The molecule has 2 N–H and O–H groups in total. The van der Waals surface area contributed by atoms with Gasteiger partial charge in [0.05, 0.1) is 13.2 Å². The van der Waals surface area contributed by atoms with E-state index in [0.717, 1.165) is 25.8 Å². The molecule has 0 saturated carbocycles. The van der Waals surface area contributed by atoms with Crippen LogP contribution < -0.4 is 0 Å². The van der Waals surface area contributed by atoms with Crippen LogP contribution in [0.5, 0.6) is 0 Å². The summed E-state index contributed by atoms with van der Waals surface area (Å²) in [5.41, 5.74) is 0. The molecule has 0 radical (unpaired) electrons. The minimum atomic E-state index is 0.174. The van der Waals surface area contributed by atoms with Crippen molar-refractivity contribution in [1.29, 1.82) is 0 Å². The zero-order chi connectivity index (χ0) is 13.5. The lowest BCUT2D eigenvalue weighted by Crippen LogP contribution is -2.29. The molecular weight excluding hydrogens is 220 g/mol. The van der Waals surface area contributed by atoms with Crippen LogP contribution in [0.4, 0.5) is 0 Å². The fourth-order valence-electron chi connectivity index (χ4n) is 1.20. The summed E-state index contributed by atoms with van der Waals surface area (Å²) in [4.78, 5) is 13.8. The van der Waals surface area contributed by atoms with Crippen LogP contribution >= 0.6 is 0 Å². The Balaban J connectivity index is 0. The average Bonchev–Trinajstić information content (AvgIpc) is 2.29. The molecule has 0 aromatic rings. The van der Waals surface area contributed by atoms with Gasteiger partial charge in [-0.25, -0.2) is 0 Å². The molecule has 5 nitrogen and oxygen atoms in total. The summed E-state index contributed by atoms with van der Waals surface area (Å²) < 4.78 is 0. The van der Waals surface area contributed by atoms with Gasteiger partial charge in [0.15, 0.2) is 0 Å². The summed E-state index contributed by atoms with van der Waals surface area (Å²) in [7, 11) is 4.01. The first-order valence-corrected chi connectivity index (χ1v) is 6.14. The predicted octanol–water partition coefficient (Wildman–Crippen LogP) is -0.180. The largest absolute Gasteiger partial charge is 0.395 e. The Bertz CT molecular complexity index is 149. The van der Waals surface area contributed by atoms with Gasteiger partial charge < -0.3 is 19.9 Å². The van der Waals surface area contributed by atoms with Gasteiger partial charge in [0.1, 0.15) is 6.29 Å². The van der Waals surface area contributed by atoms with Gasteiger partial charge in [-0.15, -0.1) is 0 Å². The third-order valence-electron chi connectivity index (χ3n) is 2.21. The van der Waals surface area contributed by atoms with E-state index in [9.17, 15) is 4.79 Å². The minimum Gasteiger partial charge on any atom is -0.395 e. The summed E-state index contributed by atoms with van der Waals surface area (Å²) in [5.74, 6) is 0. The number of aliphatic hydroxyl groups is 2. The quantitative estimate of drug-likeness (QED) is 0.438. The Morgan fingerprint density at radius 1 is 1.06 bits per heavy atom. The van der Waals surface area contributed by atoms with Gasteiger partial charge in [0, 0.05) is 19.5 Å². The first-order chi connectivity index (χ1) is 8.12. The summed E-state index contributed by atoms with van der Waals surface area (Å²) in [6.07, 6.45) is 2.64. The maximum absolute atomic E-state index is 9.77. The number of carbonyl (C=O) groups excluding carboxylic acids is 1. The van der Waals surface area contributed by atoms with Crippen LogP contribution in [-0.4, -0.2) is 79.8 Å². The number of hydrogen-bond acceptors (Lipinski definition) is 5. The highest BCUT2D eigenvalue weighted by Gasteiger charge is 1.97. The predicted molar refractivity (Wildman–Crippen MR) is 70.1 cm³/mol. The molecule has 0 unspecified atom stereocenters. The lowest BCUT2D eigenvalue weighted by atomic mass is 10.3. The van der Waals surface area contributed by atoms with Crippen molar-refractivity contribution >= 4 is 6.29 Å². The van der Waals surface area contributed by atoms with Gasteiger partial charge in [-0.05, 0) is 33.6 Å². The van der Waals surface area contributed by atoms with Crippen LogP contribution in [0.2, 0.25) is 0 Å². The van der Waals surface area contributed by atoms with Gasteiger partial charge in [-0.1, -0.05) is 6.92 Å². The van der Waals surface area contributed by atoms with Crippen LogP contribution in [-0.2, 0) is 4.79 Å². The van der Waals surface area contributed by atoms with E-state index < -0.39 is 0 Å². The molecule has 0 heterocycles. The summed E-state index contributed by atoms with van der Waals surface area (Å²) in [6.45, 7) is 5.58. The zero-order valence-corrected chi connectivity index (χ0v) is 11.4. The Morgan fingerprint density at radius 2 is 1.59 bits per heavy atom. The van der Waals surface area contributed by atoms with Crippen molar-refractivity contribution in [1.82, 2.24) is 9.80 Å². The van der Waals surface area contributed by atoms with Gasteiger partial charge >= 0.3 is 0 Å². The fraction of sp³-hybridized carbons (Fsp3) is 0.917. The second-order valence-electron chi connectivity index (χ2n) is 3.99. The van der Waals surface area contributed by atoms with Crippen LogP contribution in [0.15, 0.2) is 0 Å². The van der Waals surface area contributed by atoms with Crippen molar-refractivity contribution in [3.05, 3.63) is 0 Å². The van der Waals surface area contributed by atoms with Crippen molar-refractivity contribution < 1.29 is 15.0 Å². The van der Waals surface area contributed by atoms with Gasteiger partial charge in [0.2, 0.25) is 0 Å². The molecule has 0 fully saturated rings. The van der Waals surface area contributed by atoms with Gasteiger partial charge in [-0.3, -0.25) is 4.90 Å². The van der Waals surface area contributed by atoms with Crippen LogP contribution in [0, 0.1) is 0 Å². The molecule has 0 aromatic carbocycles. The van der Waals surface area contributed by atoms with Crippen molar-refractivity contribution in [2.24, 2.45) is 0 Å². The number of nitrogens with zero attached hydrogens (tertiary/aromatic N) is 2. The third-order valence-corrected chi connectivity index (χ3v) is 2.21. The van der Waals surface area contributed by atoms with E-state index >= 15 is 0 Å². The monoisotopic (exact) mass is 248 g/mol. The second-order valence-corrected chi connectivity index (χ2v) is 3.99. The van der Waals surface area contributed by atoms with Gasteiger partial charge in [0.25, 0.3) is 0 Å². The molecule has 0 amide bonds. The summed E-state index contributed by atoms with van der Waals surface area (Å²) in [6, 6.07) is 0. The Kier molecular flexibility index (Phi) is 17.2. The number of unbranched alkanes of at least 4 members (excludes halogenated alkanes) is 1. The molecule has 17 heavy (non-hydrogen) atoms. The van der Waals surface area contributed by atoms with E-state index in [4.69, 9.17) is 10.2 Å². The SMILES string of the molecule is CCN(CCO)CCO.CN(C)CCCC=O. The normalized spacial score (nSPS) is 10.3. The Hall–Kier alpha value is -0.490. The molecule has 5 heteroatoms. The van der Waals surface area contributed by atoms with E-state index in [1.165, 1.54) is 0 Å². The molecule has 0 saturated heterocycles. The highest BCUT2D eigenvalue weighted by atomic mass is 16.3. The van der Waals surface area contributed by atoms with Crippen LogP contribution in [0.25, 0.3) is 0 Å². The number of aliphatic hydroxyl groups excluding tert-OH is 2. The Labute approximate surface area is 105 Å². The molecule has 0 aromatic heterocycles. The number of carbonyl (C=O) groups is 1. The maximum atomic E-state index is 9.77. The van der Waals surface area contributed by atoms with E-state index in [1.54, 1.807) is 0 Å². The molecular formula is C12H28N2O3. The van der Waals surface area contributed by atoms with Crippen molar-refractivity contribution in [2.45, 2.75) is 19.8 Å². The number of rotatable bonds is 9. The first kappa shape index (κ1) is 18.9. The number of likely N-dealkylation sites (N-methyl/N-ethyl adjacent to an activating group) is 1. The van der Waals surface area contributed by atoms with Crippen LogP contribution in [0.3, 0.4) is 0 Å². The van der Waals surface area contributed by atoms with Crippen molar-refractivity contribution in [3.8, 4) is 0 Å². The van der Waals surface area contributed by atoms with Crippen molar-refractivity contribution in [3.63, 3.8) is 0 Å². The highest BCUT2D eigenvalue weighted by Crippen LogP contribution is 1.85. The van der Waals surface area contributed by atoms with E-state index in [2.05, 4.69) is 4.90 Å². The molecule has 0 rings (SSSR count). The zero-order valence-electron chi connectivity index (χ0n) is 11.4. The second kappa shape index (κ2) is 15.5. The summed E-state index contributed by atoms with van der Waals surface area (Å²) >= 11 is 0. The molecule has 0 bridgehead atoms. The molecule has 0 aliphatic heterocycles. The topological polar surface area (TPSA) is 64.0 Å². The van der Waals surface area contributed by atoms with E-state index in [0.29, 0.717) is 19.5 Å². The minimum absolute atomic E-state index is 0.174. The molecule has 0 atom stereocenters. The van der Waals surface area contributed by atoms with Crippen LogP contribution in [0.1, 0.15) is 19.8 Å². The first-order valence-electron chi connectivity index (χ1n) is 6.14. The number of aldehydes is 1. The van der Waals surface area contributed by atoms with E-state index in [-0.39, 0.29) is 13.2 Å². The standard InChI is InChI=1S/C6H15NO2.C6H13NO/c1-2-7(3-5-8)4-6-9;1-7(2)5-3-4-6-8/h8-9H,2-6H2,1H3;6H,3-5H2,1-2H3. The average molecular weight is 248 g/mol. The molecule has 0 aliphatic rings. The molecule has 104 valence electrons. The summed E-state index contributed by atoms with van der Waals surface area (Å²) in [5, 5.41) is 16.9. The van der Waals surface area contributed by atoms with Crippen molar-refractivity contribution in [2.75, 3.05) is 53.5 Å². The number of hydrogen-bond donors (Lipinski definition) is 2. The molecule has 0 spiro atoms. The third kappa shape index (κ3) is 18.1. The smallest absolute Gasteiger partial charge is 0.120 e. The fourth-order valence-corrected chi connectivity index (χ4v) is 1.20. The molecule has 0 aliphatic carbocycles. The maximum Gasteiger partial charge on any atom is 0.120 e. The lowest BCUT2D eigenvalue weighted by Gasteiger charge is -2.16. The highest BCUT2D eigenvalue weighted by molar-refractivity contribution is 5.48.